The number of halogens is 2. The summed E-state index contributed by atoms with van der Waals surface area (Å²) in [5, 5.41) is 2.56. The predicted octanol–water partition coefficient (Wildman–Crippen LogP) is 8.16. The fourth-order valence-corrected chi connectivity index (χ4v) is 8.34. The summed E-state index contributed by atoms with van der Waals surface area (Å²) in [4.78, 5) is 39.3. The molecule has 4 atom stereocenters. The third-order valence-corrected chi connectivity index (χ3v) is 10.8. The van der Waals surface area contributed by atoms with Crippen LogP contribution in [0.25, 0.3) is 33.1 Å². The van der Waals surface area contributed by atoms with Crippen molar-refractivity contribution in [3.8, 4) is 11.3 Å². The number of ether oxygens (including phenoxy) is 2. The summed E-state index contributed by atoms with van der Waals surface area (Å²) >= 11 is 8.07. The Morgan fingerprint density at radius 3 is 2.65 bits per heavy atom. The first-order valence-corrected chi connectivity index (χ1v) is 17.2. The van der Waals surface area contributed by atoms with Gasteiger partial charge >= 0.3 is 12.2 Å². The molecule has 12 heteroatoms. The standard InChI is InChI=1S/C34H37ClFN5O4S/c1-17-9-7-10-19(25(17)35)27-26(36)28-21(15-37-27)30-20(31(38-28)46-6)14-23(22-11-8-12-39(22)32(42)44-5)41(30)29-18-13-24(29)40(16-18)33(43)45-34(2,3)4/h7,9-10,14-15,18,22,24,29H,8,11-13,16H2,1-6H3/t18-,22-,24-,29+/m1/s1. The van der Waals surface area contributed by atoms with E-state index in [1.165, 1.54) is 18.9 Å². The Kier molecular flexibility index (Phi) is 7.62. The van der Waals surface area contributed by atoms with E-state index in [0.29, 0.717) is 34.1 Å². The van der Waals surface area contributed by atoms with Crippen molar-refractivity contribution in [3.05, 3.63) is 52.6 Å². The number of amides is 2. The minimum atomic E-state index is -0.619. The van der Waals surface area contributed by atoms with Crippen LogP contribution in [-0.2, 0) is 9.47 Å². The van der Waals surface area contributed by atoms with Gasteiger partial charge in [-0.2, -0.15) is 0 Å². The zero-order valence-corrected chi connectivity index (χ0v) is 28.3. The number of pyridine rings is 2. The van der Waals surface area contributed by atoms with E-state index in [1.807, 2.05) is 51.0 Å². The lowest BCUT2D eigenvalue weighted by atomic mass is 9.79. The SMILES string of the molecule is COC(=O)N1CCC[C@@H]1c1cc2c(SC)nc3c(F)c(-c4cccc(C)c4Cl)ncc3c2n1[C@H]1[C@@H]2C[C@H]1N(C(=O)OC(C)(C)C)C2. The van der Waals surface area contributed by atoms with Crippen molar-refractivity contribution in [1.82, 2.24) is 24.3 Å². The number of carbonyl (C=O) groups excluding carboxylic acids is 2. The van der Waals surface area contributed by atoms with Gasteiger partial charge in [-0.05, 0) is 64.8 Å². The van der Waals surface area contributed by atoms with E-state index in [0.717, 1.165) is 41.4 Å². The molecule has 1 saturated carbocycles. The van der Waals surface area contributed by atoms with Gasteiger partial charge in [-0.15, -0.1) is 11.8 Å². The zero-order chi connectivity index (χ0) is 32.7. The zero-order valence-electron chi connectivity index (χ0n) is 26.8. The molecule has 4 aliphatic rings. The molecular formula is C34H37ClFN5O4S. The number of thioether (sulfide) groups is 1. The molecule has 9 nitrogen and oxygen atoms in total. The molecule has 0 unspecified atom stereocenters. The Morgan fingerprint density at radius 1 is 1.15 bits per heavy atom. The number of likely N-dealkylation sites (tertiary alicyclic amines) is 1. The van der Waals surface area contributed by atoms with Gasteiger partial charge in [0.25, 0.3) is 0 Å². The topological polar surface area (TPSA) is 89.8 Å². The normalized spacial score (nSPS) is 22.5. The quantitative estimate of drug-likeness (QED) is 0.203. The molecule has 2 bridgehead atoms. The van der Waals surface area contributed by atoms with Crippen molar-refractivity contribution in [1.29, 1.82) is 0 Å². The Labute approximate surface area is 276 Å². The molecular weight excluding hydrogens is 629 g/mol. The predicted molar refractivity (Wildman–Crippen MR) is 177 cm³/mol. The van der Waals surface area contributed by atoms with Crippen LogP contribution in [0.2, 0.25) is 5.02 Å². The van der Waals surface area contributed by atoms with E-state index in [1.54, 1.807) is 17.2 Å². The van der Waals surface area contributed by atoms with Gasteiger partial charge in [0.2, 0.25) is 0 Å². The summed E-state index contributed by atoms with van der Waals surface area (Å²) in [6.07, 6.45) is 5.32. The van der Waals surface area contributed by atoms with Crippen molar-refractivity contribution in [2.24, 2.45) is 5.92 Å². The molecule has 2 amide bonds. The Morgan fingerprint density at radius 2 is 1.93 bits per heavy atom. The number of hydrogen-bond acceptors (Lipinski definition) is 7. The van der Waals surface area contributed by atoms with Crippen LogP contribution in [0.3, 0.4) is 0 Å². The lowest BCUT2D eigenvalue weighted by Gasteiger charge is -2.40. The van der Waals surface area contributed by atoms with E-state index < -0.39 is 11.4 Å². The van der Waals surface area contributed by atoms with Crippen LogP contribution in [-0.4, -0.2) is 74.6 Å². The van der Waals surface area contributed by atoms with Crippen molar-refractivity contribution in [2.75, 3.05) is 26.5 Å². The van der Waals surface area contributed by atoms with E-state index >= 15 is 4.39 Å². The second-order valence-electron chi connectivity index (χ2n) is 13.4. The highest BCUT2D eigenvalue weighted by molar-refractivity contribution is 7.98. The molecule has 46 heavy (non-hydrogen) atoms. The number of rotatable bonds is 4. The number of carbonyl (C=O) groups is 2. The molecule has 3 aliphatic heterocycles. The summed E-state index contributed by atoms with van der Waals surface area (Å²) in [6.45, 7) is 8.61. The molecule has 0 spiro atoms. The summed E-state index contributed by atoms with van der Waals surface area (Å²) in [5.74, 6) is -0.371. The van der Waals surface area contributed by atoms with Crippen molar-refractivity contribution < 1.29 is 23.5 Å². The Hall–Kier alpha value is -3.57. The van der Waals surface area contributed by atoms with Crippen molar-refractivity contribution in [2.45, 2.75) is 75.7 Å². The third-order valence-electron chi connectivity index (χ3n) is 9.58. The highest BCUT2D eigenvalue weighted by Gasteiger charge is 2.57. The average molecular weight is 666 g/mol. The van der Waals surface area contributed by atoms with Crippen LogP contribution in [0.5, 0.6) is 0 Å². The molecule has 6 heterocycles. The van der Waals surface area contributed by atoms with E-state index in [4.69, 9.17) is 26.1 Å². The van der Waals surface area contributed by atoms with E-state index in [9.17, 15) is 9.59 Å². The molecule has 0 N–H and O–H groups in total. The lowest BCUT2D eigenvalue weighted by molar-refractivity contribution is 0.0208. The number of methoxy groups -OCH3 is 1. The highest BCUT2D eigenvalue weighted by Crippen LogP contribution is 2.54. The maximum Gasteiger partial charge on any atom is 0.410 e. The fourth-order valence-electron chi connectivity index (χ4n) is 7.57. The largest absolute Gasteiger partial charge is 0.453 e. The highest BCUT2D eigenvalue weighted by atomic mass is 35.5. The smallest absolute Gasteiger partial charge is 0.410 e. The second-order valence-corrected chi connectivity index (χ2v) is 14.6. The van der Waals surface area contributed by atoms with Crippen LogP contribution in [0.1, 0.15) is 63.4 Å². The molecule has 1 aromatic carbocycles. The Balaban J connectivity index is 1.46. The van der Waals surface area contributed by atoms with Crippen LogP contribution >= 0.6 is 23.4 Å². The summed E-state index contributed by atoms with van der Waals surface area (Å²) < 4.78 is 29.8. The maximum atomic E-state index is 16.6. The Bertz CT molecular complexity index is 1910. The number of fused-ring (bicyclic) bond motifs is 4. The van der Waals surface area contributed by atoms with Gasteiger partial charge in [0.1, 0.15) is 21.8 Å². The van der Waals surface area contributed by atoms with Gasteiger partial charge in [0, 0.05) is 47.2 Å². The molecule has 3 aromatic heterocycles. The number of aryl methyl sites for hydroxylation is 1. The monoisotopic (exact) mass is 665 g/mol. The molecule has 8 rings (SSSR count). The first kappa shape index (κ1) is 31.1. The minimum absolute atomic E-state index is 0.0885. The number of aromatic nitrogens is 3. The van der Waals surface area contributed by atoms with Crippen molar-refractivity contribution in [3.63, 3.8) is 0 Å². The van der Waals surface area contributed by atoms with E-state index in [-0.39, 0.29) is 47.4 Å². The van der Waals surface area contributed by atoms with Crippen LogP contribution in [0.4, 0.5) is 14.0 Å². The first-order valence-electron chi connectivity index (χ1n) is 15.6. The van der Waals surface area contributed by atoms with Crippen LogP contribution in [0, 0.1) is 18.7 Å². The van der Waals surface area contributed by atoms with Gasteiger partial charge < -0.3 is 18.9 Å². The summed E-state index contributed by atoms with van der Waals surface area (Å²) in [5.41, 5.74) is 2.80. The number of nitrogens with zero attached hydrogens (tertiary/aromatic N) is 5. The molecule has 1 aliphatic carbocycles. The van der Waals surface area contributed by atoms with Gasteiger partial charge in [-0.1, -0.05) is 29.8 Å². The number of hydrogen-bond donors (Lipinski definition) is 0. The molecule has 242 valence electrons. The van der Waals surface area contributed by atoms with Crippen molar-refractivity contribution >= 4 is 57.4 Å². The molecule has 4 aromatic rings. The van der Waals surface area contributed by atoms with Gasteiger partial charge in [-0.25, -0.2) is 19.0 Å². The maximum absolute atomic E-state index is 16.6. The van der Waals surface area contributed by atoms with Crippen LogP contribution < -0.4 is 0 Å². The molecule has 4 fully saturated rings. The van der Waals surface area contributed by atoms with Gasteiger partial charge in [-0.3, -0.25) is 9.88 Å². The first-order chi connectivity index (χ1) is 21.9. The molecule has 0 radical (unpaired) electrons. The van der Waals surface area contributed by atoms with Gasteiger partial charge in [0.05, 0.1) is 35.8 Å². The lowest BCUT2D eigenvalue weighted by Crippen LogP contribution is -2.45. The van der Waals surface area contributed by atoms with Crippen LogP contribution in [0.15, 0.2) is 35.5 Å². The second kappa shape index (κ2) is 11.3. The third kappa shape index (κ3) is 4.80. The fraction of sp³-hybridized carbons (Fsp3) is 0.471. The molecule has 3 saturated heterocycles. The number of benzene rings is 1. The van der Waals surface area contributed by atoms with E-state index in [2.05, 4.69) is 15.6 Å². The summed E-state index contributed by atoms with van der Waals surface area (Å²) in [6, 6.07) is 7.13. The summed E-state index contributed by atoms with van der Waals surface area (Å²) in [7, 11) is 1.40. The minimum Gasteiger partial charge on any atom is -0.453 e. The average Bonchev–Trinajstić information content (AvgIpc) is 3.80. The van der Waals surface area contributed by atoms with Gasteiger partial charge in [0.15, 0.2) is 5.82 Å².